The van der Waals surface area contributed by atoms with Crippen molar-refractivity contribution in [2.75, 3.05) is 24.5 Å². The summed E-state index contributed by atoms with van der Waals surface area (Å²) in [5.41, 5.74) is 2.92. The number of nitrogens with one attached hydrogen (secondary N) is 1. The van der Waals surface area contributed by atoms with Gasteiger partial charge in [0.05, 0.1) is 11.4 Å². The minimum atomic E-state index is -0.240. The Morgan fingerprint density at radius 2 is 2.21 bits per heavy atom. The van der Waals surface area contributed by atoms with Gasteiger partial charge in [0.15, 0.2) is 0 Å². The van der Waals surface area contributed by atoms with Crippen molar-refractivity contribution in [2.24, 2.45) is 4.99 Å². The second kappa shape index (κ2) is 6.61. The molecule has 4 rings (SSSR count). The van der Waals surface area contributed by atoms with Gasteiger partial charge in [-0.25, -0.2) is 4.39 Å². The number of fused-ring (bicyclic) bond motifs is 3. The number of hydrogen-bond acceptors (Lipinski definition) is 4. The Morgan fingerprint density at radius 3 is 3.12 bits per heavy atom. The van der Waals surface area contributed by atoms with E-state index in [0.29, 0.717) is 12.6 Å². The summed E-state index contributed by atoms with van der Waals surface area (Å²) in [4.78, 5) is 6.99. The number of hydrogen-bond donors (Lipinski definition) is 1. The van der Waals surface area contributed by atoms with Crippen LogP contribution in [0.2, 0.25) is 0 Å². The minimum Gasteiger partial charge on any atom is -0.489 e. The third-order valence-electron chi connectivity index (χ3n) is 4.51. The van der Waals surface area contributed by atoms with Crippen LogP contribution in [0.3, 0.4) is 0 Å². The van der Waals surface area contributed by atoms with Gasteiger partial charge in [-0.3, -0.25) is 4.99 Å². The van der Waals surface area contributed by atoms with Gasteiger partial charge in [0.1, 0.15) is 18.2 Å². The molecule has 2 aromatic carbocycles. The molecule has 1 saturated heterocycles. The molecule has 0 radical (unpaired) electrons. The first-order chi connectivity index (χ1) is 11.8. The second-order valence-corrected chi connectivity index (χ2v) is 6.17. The number of anilines is 1. The average molecular weight is 325 g/mol. The highest BCUT2D eigenvalue weighted by Gasteiger charge is 2.25. The lowest BCUT2D eigenvalue weighted by Crippen LogP contribution is -2.51. The van der Waals surface area contributed by atoms with Crippen LogP contribution in [0.4, 0.5) is 15.8 Å². The van der Waals surface area contributed by atoms with Gasteiger partial charge in [0.25, 0.3) is 0 Å². The average Bonchev–Trinajstić information content (AvgIpc) is 2.79. The minimum absolute atomic E-state index is 0.240. The second-order valence-electron chi connectivity index (χ2n) is 6.17. The molecule has 1 fully saturated rings. The molecule has 4 nitrogen and oxygen atoms in total. The highest BCUT2D eigenvalue weighted by atomic mass is 19.1. The summed E-state index contributed by atoms with van der Waals surface area (Å²) >= 11 is 0. The zero-order valence-electron chi connectivity index (χ0n) is 13.4. The zero-order chi connectivity index (χ0) is 16.4. The summed E-state index contributed by atoms with van der Waals surface area (Å²) in [5, 5.41) is 3.44. The van der Waals surface area contributed by atoms with E-state index in [2.05, 4.69) is 21.3 Å². The predicted molar refractivity (Wildman–Crippen MR) is 93.9 cm³/mol. The van der Waals surface area contributed by atoms with E-state index in [1.54, 1.807) is 6.07 Å². The SMILES string of the molecule is Fc1cccc(COc2ccc3c(c2)N2CCNCC2CC=N3)c1. The Morgan fingerprint density at radius 1 is 1.25 bits per heavy atom. The quantitative estimate of drug-likeness (QED) is 0.941. The van der Waals surface area contributed by atoms with Gasteiger partial charge < -0.3 is 15.0 Å². The van der Waals surface area contributed by atoms with Gasteiger partial charge in [0.2, 0.25) is 0 Å². The largest absolute Gasteiger partial charge is 0.489 e. The van der Waals surface area contributed by atoms with E-state index in [1.165, 1.54) is 12.1 Å². The maximum Gasteiger partial charge on any atom is 0.123 e. The van der Waals surface area contributed by atoms with Gasteiger partial charge in [-0.05, 0) is 29.8 Å². The fraction of sp³-hybridized carbons (Fsp3) is 0.316. The van der Waals surface area contributed by atoms with Crippen molar-refractivity contribution in [3.8, 4) is 5.75 Å². The van der Waals surface area contributed by atoms with Crippen molar-refractivity contribution in [1.29, 1.82) is 0 Å². The van der Waals surface area contributed by atoms with E-state index in [0.717, 1.165) is 48.7 Å². The Labute approximate surface area is 141 Å². The molecule has 1 unspecified atom stereocenters. The van der Waals surface area contributed by atoms with E-state index in [4.69, 9.17) is 4.74 Å². The number of aliphatic imine (C=N–C) groups is 1. The Kier molecular flexibility index (Phi) is 4.17. The van der Waals surface area contributed by atoms with Crippen LogP contribution < -0.4 is 15.0 Å². The summed E-state index contributed by atoms with van der Waals surface area (Å²) in [6.45, 7) is 3.27. The van der Waals surface area contributed by atoms with Crippen molar-refractivity contribution in [1.82, 2.24) is 5.32 Å². The highest BCUT2D eigenvalue weighted by Crippen LogP contribution is 2.36. The van der Waals surface area contributed by atoms with E-state index in [-0.39, 0.29) is 5.82 Å². The van der Waals surface area contributed by atoms with Crippen LogP contribution in [0, 0.1) is 5.82 Å². The van der Waals surface area contributed by atoms with Crippen LogP contribution >= 0.6 is 0 Å². The molecular weight excluding hydrogens is 305 g/mol. The van der Waals surface area contributed by atoms with Gasteiger partial charge >= 0.3 is 0 Å². The summed E-state index contributed by atoms with van der Waals surface area (Å²) < 4.78 is 19.1. The molecule has 124 valence electrons. The van der Waals surface area contributed by atoms with Crippen LogP contribution in [0.5, 0.6) is 5.75 Å². The van der Waals surface area contributed by atoms with Crippen molar-refractivity contribution >= 4 is 17.6 Å². The lowest BCUT2D eigenvalue weighted by Gasteiger charge is -2.37. The molecule has 0 spiro atoms. The molecule has 1 N–H and O–H groups in total. The number of piperazine rings is 1. The molecule has 24 heavy (non-hydrogen) atoms. The van der Waals surface area contributed by atoms with E-state index in [9.17, 15) is 4.39 Å². The van der Waals surface area contributed by atoms with Gasteiger partial charge in [-0.2, -0.15) is 0 Å². The lowest BCUT2D eigenvalue weighted by molar-refractivity contribution is 0.305. The highest BCUT2D eigenvalue weighted by molar-refractivity contribution is 5.78. The molecule has 0 saturated carbocycles. The summed E-state index contributed by atoms with van der Waals surface area (Å²) in [6.07, 6.45) is 2.95. The van der Waals surface area contributed by atoms with Gasteiger partial charge in [-0.15, -0.1) is 0 Å². The zero-order valence-corrected chi connectivity index (χ0v) is 13.4. The first-order valence-corrected chi connectivity index (χ1v) is 8.31. The van der Waals surface area contributed by atoms with Crippen LogP contribution in [0.25, 0.3) is 0 Å². The van der Waals surface area contributed by atoms with Crippen molar-refractivity contribution in [3.63, 3.8) is 0 Å². The Balaban J connectivity index is 1.56. The van der Waals surface area contributed by atoms with Crippen molar-refractivity contribution in [2.45, 2.75) is 19.1 Å². The number of benzene rings is 2. The summed E-state index contributed by atoms with van der Waals surface area (Å²) in [6, 6.07) is 12.9. The molecule has 0 aromatic heterocycles. The van der Waals surface area contributed by atoms with E-state index >= 15 is 0 Å². The topological polar surface area (TPSA) is 36.9 Å². The van der Waals surface area contributed by atoms with Crippen molar-refractivity contribution < 1.29 is 9.13 Å². The molecule has 1 atom stereocenters. The molecule has 0 bridgehead atoms. The van der Waals surface area contributed by atoms with E-state index in [1.807, 2.05) is 24.4 Å². The maximum atomic E-state index is 13.3. The molecule has 2 aromatic rings. The molecule has 2 aliphatic rings. The maximum absolute atomic E-state index is 13.3. The number of ether oxygens (including phenoxy) is 1. The van der Waals surface area contributed by atoms with Crippen LogP contribution in [-0.4, -0.2) is 31.9 Å². The molecule has 2 aliphatic heterocycles. The number of rotatable bonds is 3. The number of halogens is 1. The van der Waals surface area contributed by atoms with E-state index < -0.39 is 0 Å². The first-order valence-electron chi connectivity index (χ1n) is 8.31. The third-order valence-corrected chi connectivity index (χ3v) is 4.51. The van der Waals surface area contributed by atoms with Gasteiger partial charge in [0, 0.05) is 44.4 Å². The fourth-order valence-corrected chi connectivity index (χ4v) is 3.29. The van der Waals surface area contributed by atoms with Crippen LogP contribution in [0.1, 0.15) is 12.0 Å². The van der Waals surface area contributed by atoms with Gasteiger partial charge in [-0.1, -0.05) is 12.1 Å². The lowest BCUT2D eigenvalue weighted by atomic mass is 10.1. The molecular formula is C19H20FN3O. The first kappa shape index (κ1) is 15.1. The molecule has 2 heterocycles. The Bertz CT molecular complexity index is 762. The number of nitrogens with zero attached hydrogens (tertiary/aromatic N) is 2. The predicted octanol–water partition coefficient (Wildman–Crippen LogP) is 3.29. The molecule has 0 amide bonds. The standard InChI is InChI=1S/C19H20FN3O/c20-15-3-1-2-14(10-15)13-24-17-4-5-18-19(11-17)23-9-8-21-12-16(23)6-7-22-18/h1-5,7,10-11,16,21H,6,8-9,12-13H2. The Hall–Kier alpha value is -2.40. The van der Waals surface area contributed by atoms with Crippen molar-refractivity contribution in [3.05, 3.63) is 53.8 Å². The molecule has 5 heteroatoms. The van der Waals surface area contributed by atoms with Crippen LogP contribution in [-0.2, 0) is 6.61 Å². The molecule has 0 aliphatic carbocycles. The normalized spacial score (nSPS) is 19.4. The summed E-state index contributed by atoms with van der Waals surface area (Å²) in [5.74, 6) is 0.545. The smallest absolute Gasteiger partial charge is 0.123 e. The fourth-order valence-electron chi connectivity index (χ4n) is 3.29. The summed E-state index contributed by atoms with van der Waals surface area (Å²) in [7, 11) is 0. The monoisotopic (exact) mass is 325 g/mol. The third kappa shape index (κ3) is 3.12. The van der Waals surface area contributed by atoms with Crippen LogP contribution in [0.15, 0.2) is 47.5 Å².